The Balaban J connectivity index is 1.85. The van der Waals surface area contributed by atoms with Gasteiger partial charge < -0.3 is 14.3 Å². The van der Waals surface area contributed by atoms with Crippen molar-refractivity contribution < 1.29 is 9.21 Å². The fraction of sp³-hybridized carbons (Fsp3) is 0.308. The quantitative estimate of drug-likeness (QED) is 0.862. The van der Waals surface area contributed by atoms with E-state index in [0.717, 1.165) is 25.1 Å². The number of aromatic amines is 1. The van der Waals surface area contributed by atoms with Gasteiger partial charge in [0.25, 0.3) is 5.91 Å². The van der Waals surface area contributed by atoms with Crippen LogP contribution in [0.25, 0.3) is 0 Å². The Bertz CT molecular complexity index is 487. The van der Waals surface area contributed by atoms with Crippen LogP contribution in [0.5, 0.6) is 0 Å². The van der Waals surface area contributed by atoms with Gasteiger partial charge in [0, 0.05) is 18.4 Å². The van der Waals surface area contributed by atoms with Crippen molar-refractivity contribution in [1.82, 2.24) is 9.88 Å². The highest BCUT2D eigenvalue weighted by molar-refractivity contribution is 5.91. The smallest absolute Gasteiger partial charge is 0.290 e. The molecule has 2 aromatic rings. The molecule has 17 heavy (non-hydrogen) atoms. The summed E-state index contributed by atoms with van der Waals surface area (Å²) in [5.41, 5.74) is 1.10. The molecule has 4 nitrogen and oxygen atoms in total. The number of aromatic nitrogens is 1. The molecule has 1 N–H and O–H groups in total. The van der Waals surface area contributed by atoms with Gasteiger partial charge in [0.1, 0.15) is 0 Å². The lowest BCUT2D eigenvalue weighted by molar-refractivity contribution is 0.0701. The zero-order valence-electron chi connectivity index (χ0n) is 9.43. The summed E-state index contributed by atoms with van der Waals surface area (Å²) in [4.78, 5) is 17.3. The van der Waals surface area contributed by atoms with E-state index in [2.05, 4.69) is 4.98 Å². The first kappa shape index (κ1) is 10.2. The van der Waals surface area contributed by atoms with E-state index in [1.54, 1.807) is 12.1 Å². The van der Waals surface area contributed by atoms with Crippen LogP contribution in [0.1, 0.15) is 35.1 Å². The van der Waals surface area contributed by atoms with Crippen LogP contribution < -0.4 is 0 Å². The molecule has 1 amide bonds. The van der Waals surface area contributed by atoms with E-state index in [1.165, 1.54) is 6.26 Å². The Morgan fingerprint density at radius 3 is 3.06 bits per heavy atom. The van der Waals surface area contributed by atoms with Crippen LogP contribution in [0.2, 0.25) is 0 Å². The molecule has 1 aliphatic rings. The lowest BCUT2D eigenvalue weighted by Crippen LogP contribution is -2.30. The molecule has 0 bridgehead atoms. The number of amides is 1. The molecule has 1 unspecified atom stereocenters. The first-order valence-corrected chi connectivity index (χ1v) is 5.84. The number of likely N-dealkylation sites (tertiary alicyclic amines) is 1. The Morgan fingerprint density at radius 1 is 1.41 bits per heavy atom. The molecule has 1 saturated heterocycles. The summed E-state index contributed by atoms with van der Waals surface area (Å²) >= 11 is 0. The number of H-pyrrole nitrogens is 1. The molecule has 3 rings (SSSR count). The topological polar surface area (TPSA) is 49.2 Å². The molecular weight excluding hydrogens is 216 g/mol. The van der Waals surface area contributed by atoms with Gasteiger partial charge in [-0.3, -0.25) is 4.79 Å². The highest BCUT2D eigenvalue weighted by Gasteiger charge is 2.32. The Kier molecular flexibility index (Phi) is 2.48. The maximum absolute atomic E-state index is 12.2. The molecule has 0 spiro atoms. The second-order valence-electron chi connectivity index (χ2n) is 4.26. The van der Waals surface area contributed by atoms with Gasteiger partial charge in [-0.05, 0) is 37.1 Å². The predicted molar refractivity (Wildman–Crippen MR) is 62.5 cm³/mol. The fourth-order valence-corrected chi connectivity index (χ4v) is 2.43. The van der Waals surface area contributed by atoms with Crippen molar-refractivity contribution in [3.63, 3.8) is 0 Å². The summed E-state index contributed by atoms with van der Waals surface area (Å²) in [5, 5.41) is 0. The van der Waals surface area contributed by atoms with Gasteiger partial charge in [-0.2, -0.15) is 0 Å². The lowest BCUT2D eigenvalue weighted by atomic mass is 10.1. The number of hydrogen-bond donors (Lipinski definition) is 1. The standard InChI is InChI=1S/C13H14N2O2/c16-13(12-6-3-9-17-12)15-8-2-5-11(15)10-4-1-7-14-10/h1,3-4,6-7,9,11,14H,2,5,8H2. The molecule has 3 heterocycles. The van der Waals surface area contributed by atoms with Crippen molar-refractivity contribution in [3.8, 4) is 0 Å². The zero-order valence-corrected chi connectivity index (χ0v) is 9.43. The number of carbonyl (C=O) groups is 1. The molecule has 1 fully saturated rings. The average Bonchev–Trinajstić information content (AvgIpc) is 3.09. The Hall–Kier alpha value is -1.97. The third-order valence-electron chi connectivity index (χ3n) is 3.23. The van der Waals surface area contributed by atoms with Crippen LogP contribution >= 0.6 is 0 Å². The van der Waals surface area contributed by atoms with Gasteiger partial charge in [-0.15, -0.1) is 0 Å². The van der Waals surface area contributed by atoms with Crippen LogP contribution in [-0.4, -0.2) is 22.3 Å². The molecule has 88 valence electrons. The third kappa shape index (κ3) is 1.75. The predicted octanol–water partition coefficient (Wildman–Crippen LogP) is 2.58. The van der Waals surface area contributed by atoms with Crippen molar-refractivity contribution in [1.29, 1.82) is 0 Å². The number of hydrogen-bond acceptors (Lipinski definition) is 2. The Labute approximate surface area is 99.2 Å². The minimum atomic E-state index is -0.0212. The number of nitrogens with zero attached hydrogens (tertiary/aromatic N) is 1. The summed E-state index contributed by atoms with van der Waals surface area (Å²) in [6, 6.07) is 7.60. The van der Waals surface area contributed by atoms with Crippen LogP contribution in [-0.2, 0) is 0 Å². The molecule has 1 atom stereocenters. The maximum atomic E-state index is 12.2. The minimum absolute atomic E-state index is 0.0212. The average molecular weight is 230 g/mol. The molecule has 0 aromatic carbocycles. The highest BCUT2D eigenvalue weighted by atomic mass is 16.3. The summed E-state index contributed by atoms with van der Waals surface area (Å²) in [6.07, 6.45) is 5.47. The highest BCUT2D eigenvalue weighted by Crippen LogP contribution is 2.32. The summed E-state index contributed by atoms with van der Waals surface area (Å²) in [5.74, 6) is 0.399. The zero-order chi connectivity index (χ0) is 11.7. The fourth-order valence-electron chi connectivity index (χ4n) is 2.43. The number of rotatable bonds is 2. The van der Waals surface area contributed by atoms with Crippen molar-refractivity contribution in [2.75, 3.05) is 6.54 Å². The van der Waals surface area contributed by atoms with Gasteiger partial charge in [0.15, 0.2) is 5.76 Å². The number of furan rings is 1. The summed E-state index contributed by atoms with van der Waals surface area (Å²) in [7, 11) is 0. The van der Waals surface area contributed by atoms with E-state index >= 15 is 0 Å². The van der Waals surface area contributed by atoms with E-state index in [0.29, 0.717) is 5.76 Å². The second-order valence-corrected chi connectivity index (χ2v) is 4.26. The molecular formula is C13H14N2O2. The lowest BCUT2D eigenvalue weighted by Gasteiger charge is -2.22. The van der Waals surface area contributed by atoms with Crippen molar-refractivity contribution in [2.24, 2.45) is 0 Å². The van der Waals surface area contributed by atoms with Crippen LogP contribution in [0.3, 0.4) is 0 Å². The van der Waals surface area contributed by atoms with Gasteiger partial charge >= 0.3 is 0 Å². The molecule has 4 heteroatoms. The molecule has 0 saturated carbocycles. The van der Waals surface area contributed by atoms with Crippen molar-refractivity contribution in [3.05, 3.63) is 48.2 Å². The minimum Gasteiger partial charge on any atom is -0.459 e. The Morgan fingerprint density at radius 2 is 2.35 bits per heavy atom. The van der Waals surface area contributed by atoms with Crippen molar-refractivity contribution >= 4 is 5.91 Å². The normalized spacial score (nSPS) is 19.8. The van der Waals surface area contributed by atoms with E-state index in [1.807, 2.05) is 23.2 Å². The monoisotopic (exact) mass is 230 g/mol. The second kappa shape index (κ2) is 4.13. The number of carbonyl (C=O) groups excluding carboxylic acids is 1. The summed E-state index contributed by atoms with van der Waals surface area (Å²) in [6.45, 7) is 0.795. The number of nitrogens with one attached hydrogen (secondary N) is 1. The van der Waals surface area contributed by atoms with E-state index in [9.17, 15) is 4.79 Å². The van der Waals surface area contributed by atoms with Gasteiger partial charge in [-0.25, -0.2) is 0 Å². The molecule has 2 aromatic heterocycles. The van der Waals surface area contributed by atoms with Crippen LogP contribution in [0, 0.1) is 0 Å². The van der Waals surface area contributed by atoms with Gasteiger partial charge in [-0.1, -0.05) is 0 Å². The molecule has 0 aliphatic carbocycles. The van der Waals surface area contributed by atoms with E-state index < -0.39 is 0 Å². The first-order chi connectivity index (χ1) is 8.36. The van der Waals surface area contributed by atoms with Crippen LogP contribution in [0.15, 0.2) is 41.1 Å². The van der Waals surface area contributed by atoms with E-state index in [-0.39, 0.29) is 11.9 Å². The third-order valence-corrected chi connectivity index (χ3v) is 3.23. The SMILES string of the molecule is O=C(c1ccco1)N1CCCC1c1ccc[nH]1. The van der Waals surface area contributed by atoms with Gasteiger partial charge in [0.05, 0.1) is 12.3 Å². The summed E-state index contributed by atoms with van der Waals surface area (Å²) < 4.78 is 5.17. The molecule has 1 aliphatic heterocycles. The molecule has 0 radical (unpaired) electrons. The first-order valence-electron chi connectivity index (χ1n) is 5.84. The van der Waals surface area contributed by atoms with Gasteiger partial charge in [0.2, 0.25) is 0 Å². The maximum Gasteiger partial charge on any atom is 0.290 e. The van der Waals surface area contributed by atoms with Crippen LogP contribution in [0.4, 0.5) is 0 Å². The van der Waals surface area contributed by atoms with Crippen molar-refractivity contribution in [2.45, 2.75) is 18.9 Å². The largest absolute Gasteiger partial charge is 0.459 e. The van der Waals surface area contributed by atoms with E-state index in [4.69, 9.17) is 4.42 Å².